The van der Waals surface area contributed by atoms with Gasteiger partial charge < -0.3 is 10.1 Å². The van der Waals surface area contributed by atoms with Gasteiger partial charge in [-0.05, 0) is 30.3 Å². The normalized spacial score (nSPS) is 10.9. The number of ether oxygens (including phenoxy) is 1. The number of nitro groups is 1. The van der Waals surface area contributed by atoms with Crippen molar-refractivity contribution in [3.63, 3.8) is 0 Å². The molecule has 2 N–H and O–H groups in total. The van der Waals surface area contributed by atoms with Crippen molar-refractivity contribution in [2.75, 3.05) is 17.1 Å². The van der Waals surface area contributed by atoms with Crippen LogP contribution in [0.3, 0.4) is 0 Å². The van der Waals surface area contributed by atoms with Gasteiger partial charge in [-0.15, -0.1) is 0 Å². The highest BCUT2D eigenvalue weighted by atomic mass is 32.2. The first-order chi connectivity index (χ1) is 13.4. The molecule has 2 heterocycles. The van der Waals surface area contributed by atoms with Crippen LogP contribution in [0, 0.1) is 10.1 Å². The van der Waals surface area contributed by atoms with Crippen LogP contribution >= 0.6 is 0 Å². The molecule has 11 nitrogen and oxygen atoms in total. The van der Waals surface area contributed by atoms with Gasteiger partial charge in [0.1, 0.15) is 12.0 Å². The summed E-state index contributed by atoms with van der Waals surface area (Å²) in [6.45, 7) is 0. The molecule has 2 aromatic heterocycles. The standard InChI is InChI=1S/C16H14N6O5S/c1-27-16-15(17-8-9-18-16)21-28(25,26)13-5-2-11(3-6-13)20-14-7-4-12(10-19-14)22(23)24/h2-10H,1H3,(H,17,21)(H,19,20). The molecule has 0 aliphatic heterocycles. The summed E-state index contributed by atoms with van der Waals surface area (Å²) in [5.74, 6) is 0.402. The van der Waals surface area contributed by atoms with Crippen LogP contribution in [0.15, 0.2) is 59.9 Å². The van der Waals surface area contributed by atoms with Gasteiger partial charge in [0.2, 0.25) is 5.82 Å². The average Bonchev–Trinajstić information content (AvgIpc) is 2.69. The van der Waals surface area contributed by atoms with E-state index in [4.69, 9.17) is 4.74 Å². The largest absolute Gasteiger partial charge is 0.478 e. The molecule has 0 unspecified atom stereocenters. The highest BCUT2D eigenvalue weighted by Gasteiger charge is 2.18. The number of pyridine rings is 1. The van der Waals surface area contributed by atoms with E-state index in [1.165, 1.54) is 55.9 Å². The Labute approximate surface area is 159 Å². The Morgan fingerprint density at radius 3 is 2.36 bits per heavy atom. The zero-order chi connectivity index (χ0) is 20.1. The Hall–Kier alpha value is -3.80. The van der Waals surface area contributed by atoms with Gasteiger partial charge in [0, 0.05) is 24.1 Å². The molecule has 0 saturated carbocycles. The van der Waals surface area contributed by atoms with E-state index in [-0.39, 0.29) is 22.3 Å². The minimum atomic E-state index is -3.90. The summed E-state index contributed by atoms with van der Waals surface area (Å²) in [5.41, 5.74) is 0.426. The number of sulfonamides is 1. The molecule has 12 heteroatoms. The molecule has 0 aliphatic rings. The lowest BCUT2D eigenvalue weighted by Gasteiger charge is -2.10. The van der Waals surface area contributed by atoms with E-state index in [2.05, 4.69) is 25.0 Å². The molecular weight excluding hydrogens is 388 g/mol. The topological polar surface area (TPSA) is 149 Å². The molecule has 0 amide bonds. The molecule has 0 bridgehead atoms. The maximum Gasteiger partial charge on any atom is 0.287 e. The van der Waals surface area contributed by atoms with Gasteiger partial charge in [-0.3, -0.25) is 14.8 Å². The number of nitrogens with one attached hydrogen (secondary N) is 2. The number of hydrogen-bond donors (Lipinski definition) is 2. The molecule has 0 fully saturated rings. The Balaban J connectivity index is 1.75. The van der Waals surface area contributed by atoms with Crippen LogP contribution in [-0.2, 0) is 10.0 Å². The van der Waals surface area contributed by atoms with Crippen LogP contribution < -0.4 is 14.8 Å². The van der Waals surface area contributed by atoms with Crippen molar-refractivity contribution in [3.8, 4) is 5.88 Å². The summed E-state index contributed by atoms with van der Waals surface area (Å²) in [7, 11) is -2.55. The van der Waals surface area contributed by atoms with Crippen LogP contribution in [0.1, 0.15) is 0 Å². The molecular formula is C16H14N6O5S. The maximum atomic E-state index is 12.5. The molecule has 144 valence electrons. The fourth-order valence-electron chi connectivity index (χ4n) is 2.16. The Bertz CT molecular complexity index is 1090. The van der Waals surface area contributed by atoms with Gasteiger partial charge in [-0.1, -0.05) is 0 Å². The van der Waals surface area contributed by atoms with E-state index in [1.807, 2.05) is 0 Å². The van der Waals surface area contributed by atoms with E-state index >= 15 is 0 Å². The van der Waals surface area contributed by atoms with Gasteiger partial charge in [0.25, 0.3) is 21.6 Å². The van der Waals surface area contributed by atoms with Gasteiger partial charge in [0.15, 0.2) is 0 Å². The average molecular weight is 402 g/mol. The summed E-state index contributed by atoms with van der Waals surface area (Å²) in [6, 6.07) is 8.60. The summed E-state index contributed by atoms with van der Waals surface area (Å²) in [6.07, 6.45) is 3.84. The number of benzene rings is 1. The third kappa shape index (κ3) is 4.29. The molecule has 0 saturated heterocycles. The molecule has 1 aromatic carbocycles. The Kier molecular flexibility index (Phi) is 5.31. The van der Waals surface area contributed by atoms with Gasteiger partial charge >= 0.3 is 0 Å². The van der Waals surface area contributed by atoms with Crippen molar-refractivity contribution >= 4 is 33.0 Å². The lowest BCUT2D eigenvalue weighted by atomic mass is 10.3. The van der Waals surface area contributed by atoms with E-state index in [0.717, 1.165) is 6.20 Å². The number of nitrogens with zero attached hydrogens (tertiary/aromatic N) is 4. The van der Waals surface area contributed by atoms with Crippen LogP contribution in [0.25, 0.3) is 0 Å². The summed E-state index contributed by atoms with van der Waals surface area (Å²) in [5, 5.41) is 13.6. The minimum Gasteiger partial charge on any atom is -0.478 e. The fraction of sp³-hybridized carbons (Fsp3) is 0.0625. The van der Waals surface area contributed by atoms with Crippen LogP contribution in [0.2, 0.25) is 0 Å². The number of anilines is 3. The van der Waals surface area contributed by atoms with E-state index in [0.29, 0.717) is 11.5 Å². The van der Waals surface area contributed by atoms with Gasteiger partial charge in [0.05, 0.1) is 16.9 Å². The zero-order valence-corrected chi connectivity index (χ0v) is 15.3. The summed E-state index contributed by atoms with van der Waals surface area (Å²) in [4.78, 5) is 21.8. The van der Waals surface area contributed by atoms with E-state index in [9.17, 15) is 18.5 Å². The summed E-state index contributed by atoms with van der Waals surface area (Å²) < 4.78 is 32.3. The van der Waals surface area contributed by atoms with Crippen LogP contribution in [0.5, 0.6) is 5.88 Å². The van der Waals surface area contributed by atoms with Crippen molar-refractivity contribution in [1.82, 2.24) is 15.0 Å². The second-order valence-electron chi connectivity index (χ2n) is 5.33. The molecule has 3 rings (SSSR count). The first kappa shape index (κ1) is 19.0. The zero-order valence-electron chi connectivity index (χ0n) is 14.4. The number of aromatic nitrogens is 3. The minimum absolute atomic E-state index is 0.00224. The SMILES string of the molecule is COc1nccnc1NS(=O)(=O)c1ccc(Nc2ccc([N+](=O)[O-])cn2)cc1. The van der Waals surface area contributed by atoms with Crippen LogP contribution in [0.4, 0.5) is 23.0 Å². The second-order valence-corrected chi connectivity index (χ2v) is 7.01. The number of rotatable bonds is 7. The molecule has 0 radical (unpaired) electrons. The lowest BCUT2D eigenvalue weighted by molar-refractivity contribution is -0.385. The lowest BCUT2D eigenvalue weighted by Crippen LogP contribution is -2.15. The first-order valence-electron chi connectivity index (χ1n) is 7.74. The fourth-order valence-corrected chi connectivity index (χ4v) is 3.17. The van der Waals surface area contributed by atoms with Crippen molar-refractivity contribution in [2.45, 2.75) is 4.90 Å². The quantitative estimate of drug-likeness (QED) is 0.448. The molecule has 0 aliphatic carbocycles. The monoisotopic (exact) mass is 402 g/mol. The third-order valence-corrected chi connectivity index (χ3v) is 4.84. The predicted molar refractivity (Wildman–Crippen MR) is 100 cm³/mol. The highest BCUT2D eigenvalue weighted by molar-refractivity contribution is 7.92. The van der Waals surface area contributed by atoms with Crippen molar-refractivity contribution in [2.24, 2.45) is 0 Å². The van der Waals surface area contributed by atoms with Crippen molar-refractivity contribution in [3.05, 3.63) is 65.1 Å². The van der Waals surface area contributed by atoms with Gasteiger partial charge in [-0.2, -0.15) is 0 Å². The summed E-state index contributed by atoms with van der Waals surface area (Å²) >= 11 is 0. The number of methoxy groups -OCH3 is 1. The van der Waals surface area contributed by atoms with Gasteiger partial charge in [-0.25, -0.2) is 23.4 Å². The predicted octanol–water partition coefficient (Wildman–Crippen LogP) is 2.33. The third-order valence-electron chi connectivity index (χ3n) is 3.48. The van der Waals surface area contributed by atoms with Crippen LogP contribution in [-0.4, -0.2) is 35.4 Å². The smallest absolute Gasteiger partial charge is 0.287 e. The molecule has 3 aromatic rings. The Morgan fingerprint density at radius 1 is 1.04 bits per heavy atom. The van der Waals surface area contributed by atoms with Crippen molar-refractivity contribution < 1.29 is 18.1 Å². The number of hydrogen-bond acceptors (Lipinski definition) is 9. The van der Waals surface area contributed by atoms with Crippen molar-refractivity contribution in [1.29, 1.82) is 0 Å². The van der Waals surface area contributed by atoms with E-state index < -0.39 is 14.9 Å². The molecule has 0 atom stereocenters. The first-order valence-corrected chi connectivity index (χ1v) is 9.23. The maximum absolute atomic E-state index is 12.5. The molecule has 0 spiro atoms. The second kappa shape index (κ2) is 7.84. The highest BCUT2D eigenvalue weighted by Crippen LogP contribution is 2.23. The Morgan fingerprint density at radius 2 is 1.75 bits per heavy atom. The molecule has 28 heavy (non-hydrogen) atoms. The van der Waals surface area contributed by atoms with E-state index in [1.54, 1.807) is 0 Å².